The molecule has 2 amide bonds. The van der Waals surface area contributed by atoms with Crippen molar-refractivity contribution in [1.82, 2.24) is 14.1 Å². The third kappa shape index (κ3) is 4.37. The van der Waals surface area contributed by atoms with Gasteiger partial charge >= 0.3 is 0 Å². The third-order valence-electron chi connectivity index (χ3n) is 5.98. The van der Waals surface area contributed by atoms with Gasteiger partial charge in [0, 0.05) is 32.7 Å². The van der Waals surface area contributed by atoms with E-state index in [4.69, 9.17) is 0 Å². The van der Waals surface area contributed by atoms with E-state index in [0.29, 0.717) is 26.1 Å². The molecule has 1 aromatic rings. The van der Waals surface area contributed by atoms with Crippen LogP contribution in [0.5, 0.6) is 0 Å². The van der Waals surface area contributed by atoms with Gasteiger partial charge in [-0.25, -0.2) is 12.8 Å². The second kappa shape index (κ2) is 9.43. The van der Waals surface area contributed by atoms with Crippen LogP contribution in [-0.2, 0) is 14.8 Å². The molecule has 0 spiro atoms. The van der Waals surface area contributed by atoms with Crippen LogP contribution in [-0.4, -0.2) is 73.1 Å². The molecule has 0 radical (unpaired) electrons. The number of sulfonamides is 1. The molecule has 2 heterocycles. The molecular formula is C21H30FN3O4S. The van der Waals surface area contributed by atoms with Crippen molar-refractivity contribution in [3.8, 4) is 0 Å². The highest BCUT2D eigenvalue weighted by molar-refractivity contribution is 7.89. The summed E-state index contributed by atoms with van der Waals surface area (Å²) >= 11 is 0. The van der Waals surface area contributed by atoms with Gasteiger partial charge < -0.3 is 9.80 Å². The van der Waals surface area contributed by atoms with Crippen LogP contribution in [0.3, 0.4) is 0 Å². The molecule has 3 rings (SSSR count). The number of halogens is 1. The van der Waals surface area contributed by atoms with Gasteiger partial charge in [-0.2, -0.15) is 4.31 Å². The molecule has 1 aromatic carbocycles. The standard InChI is InChI=1S/C21H30FN3O4S/c1-3-24(4-2)30(28,29)16-10-11-18(22)17(15-16)20(26)25-14-6-5-9-19(25)21(27)23-12-7-8-13-23/h10-11,15,19H,3-9,12-14H2,1-2H3. The lowest BCUT2D eigenvalue weighted by atomic mass is 9.99. The average molecular weight is 440 g/mol. The summed E-state index contributed by atoms with van der Waals surface area (Å²) in [5.41, 5.74) is -0.302. The van der Waals surface area contributed by atoms with Gasteiger partial charge in [-0.3, -0.25) is 9.59 Å². The number of hydrogen-bond donors (Lipinski definition) is 0. The first-order valence-electron chi connectivity index (χ1n) is 10.7. The molecule has 2 aliphatic rings. The Kier molecular flexibility index (Phi) is 7.13. The van der Waals surface area contributed by atoms with E-state index in [1.807, 2.05) is 0 Å². The number of benzene rings is 1. The summed E-state index contributed by atoms with van der Waals surface area (Å²) in [4.78, 5) is 29.3. The molecule has 0 saturated carbocycles. The first-order chi connectivity index (χ1) is 14.3. The number of rotatable bonds is 6. The highest BCUT2D eigenvalue weighted by Gasteiger charge is 2.37. The molecule has 30 heavy (non-hydrogen) atoms. The van der Waals surface area contributed by atoms with Crippen molar-refractivity contribution in [3.63, 3.8) is 0 Å². The summed E-state index contributed by atoms with van der Waals surface area (Å²) in [6.07, 6.45) is 4.00. The fourth-order valence-corrected chi connectivity index (χ4v) is 5.76. The van der Waals surface area contributed by atoms with Gasteiger partial charge in [-0.05, 0) is 50.3 Å². The molecule has 2 fully saturated rings. The fourth-order valence-electron chi connectivity index (χ4n) is 4.28. The van der Waals surface area contributed by atoms with Gasteiger partial charge in [0.05, 0.1) is 10.5 Å². The van der Waals surface area contributed by atoms with E-state index >= 15 is 0 Å². The maximum atomic E-state index is 14.6. The molecule has 1 unspecified atom stereocenters. The summed E-state index contributed by atoms with van der Waals surface area (Å²) < 4.78 is 41.5. The predicted molar refractivity (Wildman–Crippen MR) is 111 cm³/mol. The summed E-state index contributed by atoms with van der Waals surface area (Å²) in [6.45, 7) is 5.72. The van der Waals surface area contributed by atoms with Crippen molar-refractivity contribution in [2.45, 2.75) is 56.9 Å². The molecule has 2 aliphatic heterocycles. The lowest BCUT2D eigenvalue weighted by Crippen LogP contribution is -2.52. The molecule has 0 aromatic heterocycles. The van der Waals surface area contributed by atoms with Gasteiger partial charge in [0.1, 0.15) is 11.9 Å². The van der Waals surface area contributed by atoms with Crippen LogP contribution in [0.1, 0.15) is 56.3 Å². The summed E-state index contributed by atoms with van der Waals surface area (Å²) in [5.74, 6) is -1.49. The fraction of sp³-hybridized carbons (Fsp3) is 0.619. The van der Waals surface area contributed by atoms with Crippen molar-refractivity contribution >= 4 is 21.8 Å². The van der Waals surface area contributed by atoms with Crippen molar-refractivity contribution in [2.24, 2.45) is 0 Å². The molecule has 0 bridgehead atoms. The SMILES string of the molecule is CCN(CC)S(=O)(=O)c1ccc(F)c(C(=O)N2CCCCC2C(=O)N2CCCC2)c1. The Hall–Kier alpha value is -2.00. The number of piperidine rings is 1. The first kappa shape index (κ1) is 22.7. The molecule has 7 nitrogen and oxygen atoms in total. The van der Waals surface area contributed by atoms with Crippen LogP contribution >= 0.6 is 0 Å². The molecule has 0 aliphatic carbocycles. The van der Waals surface area contributed by atoms with E-state index in [0.717, 1.165) is 37.8 Å². The van der Waals surface area contributed by atoms with E-state index in [2.05, 4.69) is 0 Å². The van der Waals surface area contributed by atoms with Crippen molar-refractivity contribution in [2.75, 3.05) is 32.7 Å². The van der Waals surface area contributed by atoms with Crippen LogP contribution in [0.4, 0.5) is 4.39 Å². The van der Waals surface area contributed by atoms with E-state index in [9.17, 15) is 22.4 Å². The van der Waals surface area contributed by atoms with Crippen LogP contribution in [0.15, 0.2) is 23.1 Å². The molecule has 9 heteroatoms. The number of amides is 2. The van der Waals surface area contributed by atoms with Crippen LogP contribution in [0.25, 0.3) is 0 Å². The topological polar surface area (TPSA) is 78.0 Å². The largest absolute Gasteiger partial charge is 0.341 e. The first-order valence-corrected chi connectivity index (χ1v) is 12.1. The third-order valence-corrected chi connectivity index (χ3v) is 8.02. The summed E-state index contributed by atoms with van der Waals surface area (Å²) in [5, 5.41) is 0. The van der Waals surface area contributed by atoms with E-state index < -0.39 is 27.8 Å². The Morgan fingerprint density at radius 2 is 1.70 bits per heavy atom. The van der Waals surface area contributed by atoms with Crippen LogP contribution in [0.2, 0.25) is 0 Å². The zero-order chi connectivity index (χ0) is 21.9. The smallest absolute Gasteiger partial charge is 0.257 e. The predicted octanol–water partition coefficient (Wildman–Crippen LogP) is 2.47. The molecule has 2 saturated heterocycles. The zero-order valence-corrected chi connectivity index (χ0v) is 18.5. The second-order valence-electron chi connectivity index (χ2n) is 7.77. The monoisotopic (exact) mass is 439 g/mol. The van der Waals surface area contributed by atoms with Crippen LogP contribution < -0.4 is 0 Å². The Morgan fingerprint density at radius 3 is 2.33 bits per heavy atom. The Balaban J connectivity index is 1.92. The van der Waals surface area contributed by atoms with Gasteiger partial charge in [-0.15, -0.1) is 0 Å². The number of carbonyl (C=O) groups excluding carboxylic acids is 2. The van der Waals surface area contributed by atoms with E-state index in [-0.39, 0.29) is 29.5 Å². The maximum absolute atomic E-state index is 14.6. The highest BCUT2D eigenvalue weighted by atomic mass is 32.2. The van der Waals surface area contributed by atoms with Crippen molar-refractivity contribution in [1.29, 1.82) is 0 Å². The molecule has 1 atom stereocenters. The van der Waals surface area contributed by atoms with Crippen LogP contribution in [0, 0.1) is 5.82 Å². The van der Waals surface area contributed by atoms with Crippen molar-refractivity contribution < 1.29 is 22.4 Å². The summed E-state index contributed by atoms with van der Waals surface area (Å²) in [6, 6.07) is 2.69. The number of hydrogen-bond acceptors (Lipinski definition) is 4. The quantitative estimate of drug-likeness (QED) is 0.682. The Bertz CT molecular complexity index is 896. The van der Waals surface area contributed by atoms with E-state index in [1.54, 1.807) is 18.7 Å². The molecule has 166 valence electrons. The lowest BCUT2D eigenvalue weighted by Gasteiger charge is -2.37. The van der Waals surface area contributed by atoms with Gasteiger partial charge in [0.15, 0.2) is 0 Å². The average Bonchev–Trinajstić information content (AvgIpc) is 3.28. The number of carbonyl (C=O) groups is 2. The van der Waals surface area contributed by atoms with Gasteiger partial charge in [-0.1, -0.05) is 13.8 Å². The van der Waals surface area contributed by atoms with E-state index in [1.165, 1.54) is 15.3 Å². The summed E-state index contributed by atoms with van der Waals surface area (Å²) in [7, 11) is -3.83. The minimum Gasteiger partial charge on any atom is -0.341 e. The number of likely N-dealkylation sites (tertiary alicyclic amines) is 2. The Labute approximate surface area is 177 Å². The van der Waals surface area contributed by atoms with Gasteiger partial charge in [0.2, 0.25) is 15.9 Å². The molecular weight excluding hydrogens is 409 g/mol. The second-order valence-corrected chi connectivity index (χ2v) is 9.71. The zero-order valence-electron chi connectivity index (χ0n) is 17.6. The lowest BCUT2D eigenvalue weighted by molar-refractivity contribution is -0.136. The Morgan fingerprint density at radius 1 is 1.07 bits per heavy atom. The highest BCUT2D eigenvalue weighted by Crippen LogP contribution is 2.26. The minimum absolute atomic E-state index is 0.0899. The molecule has 0 N–H and O–H groups in total. The van der Waals surface area contributed by atoms with Gasteiger partial charge in [0.25, 0.3) is 5.91 Å². The normalized spacial score (nSPS) is 20.1. The maximum Gasteiger partial charge on any atom is 0.257 e. The number of nitrogens with zero attached hydrogens (tertiary/aromatic N) is 3. The van der Waals surface area contributed by atoms with Crippen molar-refractivity contribution in [3.05, 3.63) is 29.6 Å². The minimum atomic E-state index is -3.83.